The molecule has 1 aromatic rings. The number of carbonyl (C=O) groups excluding carboxylic acids is 1. The van der Waals surface area contributed by atoms with Crippen LogP contribution in [0.3, 0.4) is 0 Å². The number of hydrogen-bond acceptors (Lipinski definition) is 7. The highest BCUT2D eigenvalue weighted by molar-refractivity contribution is 7.89. The van der Waals surface area contributed by atoms with E-state index >= 15 is 0 Å². The van der Waals surface area contributed by atoms with Gasteiger partial charge in [-0.05, 0) is 11.4 Å². The quantitative estimate of drug-likeness (QED) is 0.621. The van der Waals surface area contributed by atoms with Crippen LogP contribution in [0.15, 0.2) is 16.3 Å². The third-order valence-electron chi connectivity index (χ3n) is 2.71. The summed E-state index contributed by atoms with van der Waals surface area (Å²) in [6, 6.07) is 1.40. The lowest BCUT2D eigenvalue weighted by atomic mass is 10.5. The van der Waals surface area contributed by atoms with Crippen molar-refractivity contribution in [2.24, 2.45) is 0 Å². The van der Waals surface area contributed by atoms with E-state index in [0.717, 1.165) is 11.3 Å². The van der Waals surface area contributed by atoms with Crippen LogP contribution in [0.1, 0.15) is 9.67 Å². The molecular formula is C12H19NO6S2. The predicted molar refractivity (Wildman–Crippen MR) is 78.2 cm³/mol. The van der Waals surface area contributed by atoms with Crippen LogP contribution in [0.4, 0.5) is 0 Å². The number of rotatable bonds is 9. The maximum atomic E-state index is 12.7. The first-order valence-corrected chi connectivity index (χ1v) is 8.44. The van der Waals surface area contributed by atoms with Crippen molar-refractivity contribution >= 4 is 27.3 Å². The molecule has 1 heterocycles. The van der Waals surface area contributed by atoms with Gasteiger partial charge in [-0.25, -0.2) is 13.2 Å². The molecule has 21 heavy (non-hydrogen) atoms. The lowest BCUT2D eigenvalue weighted by molar-refractivity contribution is 0.0602. The van der Waals surface area contributed by atoms with Gasteiger partial charge >= 0.3 is 5.97 Å². The Morgan fingerprint density at radius 2 is 1.76 bits per heavy atom. The molecule has 1 aromatic heterocycles. The molecule has 7 nitrogen and oxygen atoms in total. The SMILES string of the molecule is COCCN(CCOC)S(=O)(=O)c1ccsc1C(=O)OC. The van der Waals surface area contributed by atoms with Crippen LogP contribution in [-0.2, 0) is 24.2 Å². The van der Waals surface area contributed by atoms with E-state index in [9.17, 15) is 13.2 Å². The summed E-state index contributed by atoms with van der Waals surface area (Å²) < 4.78 is 41.0. The molecule has 0 radical (unpaired) electrons. The normalized spacial score (nSPS) is 11.8. The largest absolute Gasteiger partial charge is 0.465 e. The van der Waals surface area contributed by atoms with E-state index < -0.39 is 16.0 Å². The maximum Gasteiger partial charge on any atom is 0.349 e. The van der Waals surface area contributed by atoms with E-state index in [4.69, 9.17) is 9.47 Å². The molecule has 0 saturated carbocycles. The molecule has 0 atom stereocenters. The molecule has 0 saturated heterocycles. The second kappa shape index (κ2) is 8.44. The Morgan fingerprint density at radius 1 is 1.19 bits per heavy atom. The number of hydrogen-bond donors (Lipinski definition) is 0. The van der Waals surface area contributed by atoms with Crippen LogP contribution in [0, 0.1) is 0 Å². The summed E-state index contributed by atoms with van der Waals surface area (Å²) in [5.41, 5.74) is 0. The molecular weight excluding hydrogens is 318 g/mol. The summed E-state index contributed by atoms with van der Waals surface area (Å²) in [6.45, 7) is 0.860. The Bertz CT molecular complexity index is 546. The Balaban J connectivity index is 3.10. The molecule has 0 aromatic carbocycles. The number of sulfonamides is 1. The van der Waals surface area contributed by atoms with E-state index in [1.165, 1.54) is 31.7 Å². The van der Waals surface area contributed by atoms with Crippen LogP contribution in [0.5, 0.6) is 0 Å². The smallest absolute Gasteiger partial charge is 0.349 e. The van der Waals surface area contributed by atoms with Gasteiger partial charge in [0.25, 0.3) is 0 Å². The maximum absolute atomic E-state index is 12.7. The minimum absolute atomic E-state index is 0.0495. The third-order valence-corrected chi connectivity index (χ3v) is 5.67. The number of ether oxygens (including phenoxy) is 3. The van der Waals surface area contributed by atoms with E-state index in [-0.39, 0.29) is 36.1 Å². The summed E-state index contributed by atoms with van der Waals surface area (Å²) >= 11 is 1.03. The molecule has 0 aliphatic rings. The summed E-state index contributed by atoms with van der Waals surface area (Å²) in [4.78, 5) is 11.7. The van der Waals surface area contributed by atoms with E-state index in [1.54, 1.807) is 5.38 Å². The topological polar surface area (TPSA) is 82.1 Å². The van der Waals surface area contributed by atoms with Gasteiger partial charge in [-0.3, -0.25) is 0 Å². The zero-order valence-electron chi connectivity index (χ0n) is 12.2. The van der Waals surface area contributed by atoms with E-state index in [1.807, 2.05) is 0 Å². The molecule has 9 heteroatoms. The molecule has 120 valence electrons. The molecule has 0 unspecified atom stereocenters. The van der Waals surface area contributed by atoms with Crippen LogP contribution in [-0.4, -0.2) is 66.3 Å². The molecule has 0 aliphatic heterocycles. The molecule has 0 N–H and O–H groups in total. The fourth-order valence-corrected chi connectivity index (χ4v) is 4.34. The standard InChI is InChI=1S/C12H19NO6S2/c1-17-7-5-13(6-8-18-2)21(15,16)10-4-9-20-11(10)12(14)19-3/h4,9H,5-8H2,1-3H3. The molecule has 0 fully saturated rings. The van der Waals surface area contributed by atoms with Gasteiger partial charge in [0.15, 0.2) is 0 Å². The van der Waals surface area contributed by atoms with Crippen LogP contribution in [0.2, 0.25) is 0 Å². The average molecular weight is 337 g/mol. The first kappa shape index (κ1) is 18.1. The van der Waals surface area contributed by atoms with Crippen molar-refractivity contribution in [2.75, 3.05) is 47.6 Å². The van der Waals surface area contributed by atoms with Gasteiger partial charge in [0, 0.05) is 27.3 Å². The van der Waals surface area contributed by atoms with Crippen molar-refractivity contribution in [1.29, 1.82) is 0 Å². The van der Waals surface area contributed by atoms with Gasteiger partial charge in [-0.15, -0.1) is 11.3 Å². The molecule has 0 spiro atoms. The minimum Gasteiger partial charge on any atom is -0.465 e. The molecule has 1 rings (SSSR count). The van der Waals surface area contributed by atoms with Crippen molar-refractivity contribution in [2.45, 2.75) is 4.90 Å². The highest BCUT2D eigenvalue weighted by atomic mass is 32.2. The lowest BCUT2D eigenvalue weighted by Gasteiger charge is -2.21. The zero-order chi connectivity index (χ0) is 15.9. The number of carbonyl (C=O) groups is 1. The summed E-state index contributed by atoms with van der Waals surface area (Å²) in [7, 11) is 0.393. The van der Waals surface area contributed by atoms with Crippen molar-refractivity contribution in [3.63, 3.8) is 0 Å². The van der Waals surface area contributed by atoms with E-state index in [2.05, 4.69) is 4.74 Å². The van der Waals surface area contributed by atoms with Gasteiger partial charge < -0.3 is 14.2 Å². The second-order valence-electron chi connectivity index (χ2n) is 4.00. The summed E-state index contributed by atoms with van der Waals surface area (Å²) in [6.07, 6.45) is 0. The average Bonchev–Trinajstić information content (AvgIpc) is 2.96. The van der Waals surface area contributed by atoms with Crippen LogP contribution in [0.25, 0.3) is 0 Å². The highest BCUT2D eigenvalue weighted by Gasteiger charge is 2.30. The minimum atomic E-state index is -3.81. The van der Waals surface area contributed by atoms with Crippen molar-refractivity contribution in [3.05, 3.63) is 16.3 Å². The van der Waals surface area contributed by atoms with Crippen LogP contribution < -0.4 is 0 Å². The van der Waals surface area contributed by atoms with Gasteiger partial charge in [-0.1, -0.05) is 0 Å². The first-order valence-electron chi connectivity index (χ1n) is 6.12. The van der Waals surface area contributed by atoms with Crippen molar-refractivity contribution < 1.29 is 27.4 Å². The van der Waals surface area contributed by atoms with Gasteiger partial charge in [-0.2, -0.15) is 4.31 Å². The van der Waals surface area contributed by atoms with Crippen molar-refractivity contribution in [1.82, 2.24) is 4.31 Å². The zero-order valence-corrected chi connectivity index (χ0v) is 13.8. The Hall–Kier alpha value is -1.00. The Morgan fingerprint density at radius 3 is 2.24 bits per heavy atom. The Labute approximate surface area is 128 Å². The fraction of sp³-hybridized carbons (Fsp3) is 0.583. The predicted octanol–water partition coefficient (Wildman–Crippen LogP) is 0.818. The van der Waals surface area contributed by atoms with Crippen molar-refractivity contribution in [3.8, 4) is 0 Å². The van der Waals surface area contributed by atoms with Gasteiger partial charge in [0.1, 0.15) is 9.77 Å². The number of methoxy groups -OCH3 is 3. The van der Waals surface area contributed by atoms with E-state index in [0.29, 0.717) is 0 Å². The first-order chi connectivity index (χ1) is 9.98. The second-order valence-corrected chi connectivity index (χ2v) is 6.82. The molecule has 0 amide bonds. The van der Waals surface area contributed by atoms with Gasteiger partial charge in [0.2, 0.25) is 10.0 Å². The highest BCUT2D eigenvalue weighted by Crippen LogP contribution is 2.25. The summed E-state index contributed by atoms with van der Waals surface area (Å²) in [5.74, 6) is -0.665. The summed E-state index contributed by atoms with van der Waals surface area (Å²) in [5, 5.41) is 1.55. The number of esters is 1. The Kier molecular flexibility index (Phi) is 7.26. The molecule has 0 bridgehead atoms. The van der Waals surface area contributed by atoms with Gasteiger partial charge in [0.05, 0.1) is 20.3 Å². The lowest BCUT2D eigenvalue weighted by Crippen LogP contribution is -2.36. The van der Waals surface area contributed by atoms with Crippen LogP contribution >= 0.6 is 11.3 Å². The fourth-order valence-electron chi connectivity index (χ4n) is 1.62. The molecule has 0 aliphatic carbocycles. The number of thiophene rings is 1. The monoisotopic (exact) mass is 337 g/mol. The third kappa shape index (κ3) is 4.48. The number of nitrogens with zero attached hydrogens (tertiary/aromatic N) is 1.